The van der Waals surface area contributed by atoms with Crippen LogP contribution in [0.1, 0.15) is 17.5 Å². The number of para-hydroxylation sites is 3. The van der Waals surface area contributed by atoms with Gasteiger partial charge >= 0.3 is 0 Å². The lowest BCUT2D eigenvalue weighted by Gasteiger charge is -2.30. The standard InChI is InChI=1S/C24H22N4O3S/c1-2-27(15-18-16-30-19-11-6-7-12-20(19)31-18)24(29)22-25-23(21-13-8-14-32-21)28(26-22)17-9-4-3-5-10-17/h3-14,18H,2,15-16H2,1H3. The van der Waals surface area contributed by atoms with E-state index in [-0.39, 0.29) is 17.8 Å². The van der Waals surface area contributed by atoms with E-state index in [2.05, 4.69) is 10.1 Å². The third kappa shape index (κ3) is 3.97. The molecular formula is C24H22N4O3S. The van der Waals surface area contributed by atoms with Gasteiger partial charge in [0.25, 0.3) is 5.91 Å². The van der Waals surface area contributed by atoms with Crippen molar-refractivity contribution in [3.8, 4) is 27.9 Å². The summed E-state index contributed by atoms with van der Waals surface area (Å²) in [5, 5.41) is 6.57. The summed E-state index contributed by atoms with van der Waals surface area (Å²) in [5.41, 5.74) is 0.853. The summed E-state index contributed by atoms with van der Waals surface area (Å²) in [6.45, 7) is 3.21. The Morgan fingerprint density at radius 3 is 2.62 bits per heavy atom. The Hall–Kier alpha value is -3.65. The quantitative estimate of drug-likeness (QED) is 0.442. The number of hydrogen-bond donors (Lipinski definition) is 0. The lowest BCUT2D eigenvalue weighted by molar-refractivity contribution is 0.0467. The fourth-order valence-electron chi connectivity index (χ4n) is 3.61. The number of fused-ring (bicyclic) bond motifs is 1. The first-order valence-corrected chi connectivity index (χ1v) is 11.3. The second kappa shape index (κ2) is 8.84. The van der Waals surface area contributed by atoms with E-state index in [0.717, 1.165) is 16.3 Å². The van der Waals surface area contributed by atoms with E-state index in [4.69, 9.17) is 9.47 Å². The molecule has 1 atom stereocenters. The van der Waals surface area contributed by atoms with E-state index in [0.29, 0.717) is 31.3 Å². The van der Waals surface area contributed by atoms with Crippen LogP contribution in [0.4, 0.5) is 0 Å². The lowest BCUT2D eigenvalue weighted by Crippen LogP contribution is -2.44. The van der Waals surface area contributed by atoms with E-state index in [1.54, 1.807) is 20.9 Å². The predicted octanol–water partition coefficient (Wildman–Crippen LogP) is 4.30. The van der Waals surface area contributed by atoms with Crippen molar-refractivity contribution in [1.29, 1.82) is 0 Å². The summed E-state index contributed by atoms with van der Waals surface area (Å²) < 4.78 is 13.6. The summed E-state index contributed by atoms with van der Waals surface area (Å²) in [6, 6.07) is 21.2. The zero-order valence-corrected chi connectivity index (χ0v) is 18.4. The fraction of sp³-hybridized carbons (Fsp3) is 0.208. The fourth-order valence-corrected chi connectivity index (χ4v) is 4.31. The minimum Gasteiger partial charge on any atom is -0.486 e. The largest absolute Gasteiger partial charge is 0.486 e. The predicted molar refractivity (Wildman–Crippen MR) is 123 cm³/mol. The molecule has 1 unspecified atom stereocenters. The first-order valence-electron chi connectivity index (χ1n) is 10.5. The highest BCUT2D eigenvalue weighted by molar-refractivity contribution is 7.13. The van der Waals surface area contributed by atoms with Gasteiger partial charge in [-0.1, -0.05) is 36.4 Å². The molecule has 5 rings (SSSR count). The van der Waals surface area contributed by atoms with Gasteiger partial charge in [-0.05, 0) is 42.6 Å². The lowest BCUT2D eigenvalue weighted by atomic mass is 10.2. The first kappa shape index (κ1) is 20.3. The number of thiophene rings is 1. The summed E-state index contributed by atoms with van der Waals surface area (Å²) >= 11 is 1.56. The van der Waals surface area contributed by atoms with Crippen LogP contribution in [0.2, 0.25) is 0 Å². The minimum atomic E-state index is -0.262. The molecule has 0 N–H and O–H groups in total. The van der Waals surface area contributed by atoms with Crippen LogP contribution in [0.25, 0.3) is 16.4 Å². The molecule has 0 radical (unpaired) electrons. The second-order valence-electron chi connectivity index (χ2n) is 7.33. The summed E-state index contributed by atoms with van der Waals surface area (Å²) in [4.78, 5) is 20.6. The molecule has 0 saturated carbocycles. The molecule has 0 spiro atoms. The minimum absolute atomic E-state index is 0.163. The van der Waals surface area contributed by atoms with E-state index in [1.807, 2.05) is 79.0 Å². The normalized spacial score (nSPS) is 14.8. The molecular weight excluding hydrogens is 424 g/mol. The van der Waals surface area contributed by atoms with Crippen LogP contribution in [0.5, 0.6) is 11.5 Å². The maximum absolute atomic E-state index is 13.4. The van der Waals surface area contributed by atoms with Crippen LogP contribution in [-0.2, 0) is 0 Å². The second-order valence-corrected chi connectivity index (χ2v) is 8.27. The Kier molecular flexibility index (Phi) is 5.60. The van der Waals surface area contributed by atoms with Gasteiger partial charge in [0, 0.05) is 6.54 Å². The molecule has 0 saturated heterocycles. The van der Waals surface area contributed by atoms with Crippen molar-refractivity contribution in [2.45, 2.75) is 13.0 Å². The molecule has 1 amide bonds. The Morgan fingerprint density at radius 2 is 1.88 bits per heavy atom. The number of amides is 1. The maximum atomic E-state index is 13.4. The van der Waals surface area contributed by atoms with E-state index in [1.165, 1.54) is 0 Å². The van der Waals surface area contributed by atoms with E-state index in [9.17, 15) is 4.79 Å². The third-order valence-electron chi connectivity index (χ3n) is 5.20. The molecule has 2 aromatic heterocycles. The number of carbonyl (C=O) groups excluding carboxylic acids is 1. The van der Waals surface area contributed by atoms with Gasteiger partial charge in [-0.3, -0.25) is 4.79 Å². The van der Waals surface area contributed by atoms with Gasteiger partial charge in [-0.25, -0.2) is 9.67 Å². The van der Waals surface area contributed by atoms with Crippen molar-refractivity contribution in [2.24, 2.45) is 0 Å². The maximum Gasteiger partial charge on any atom is 0.293 e. The molecule has 162 valence electrons. The Labute approximate surface area is 189 Å². The number of benzene rings is 2. The molecule has 4 aromatic rings. The highest BCUT2D eigenvalue weighted by Crippen LogP contribution is 2.31. The van der Waals surface area contributed by atoms with Gasteiger partial charge in [-0.2, -0.15) is 0 Å². The van der Waals surface area contributed by atoms with Gasteiger partial charge in [0.15, 0.2) is 23.4 Å². The average Bonchev–Trinajstić information content (AvgIpc) is 3.53. The SMILES string of the molecule is CCN(CC1COc2ccccc2O1)C(=O)c1nc(-c2cccs2)n(-c2ccccc2)n1. The van der Waals surface area contributed by atoms with Gasteiger partial charge in [0.05, 0.1) is 17.1 Å². The topological polar surface area (TPSA) is 69.5 Å². The first-order chi connectivity index (χ1) is 15.7. The number of nitrogens with zero attached hydrogens (tertiary/aromatic N) is 4. The Morgan fingerprint density at radius 1 is 1.09 bits per heavy atom. The van der Waals surface area contributed by atoms with Gasteiger partial charge in [0.2, 0.25) is 5.82 Å². The molecule has 32 heavy (non-hydrogen) atoms. The van der Waals surface area contributed by atoms with E-state index < -0.39 is 0 Å². The van der Waals surface area contributed by atoms with Crippen LogP contribution in [0.3, 0.4) is 0 Å². The molecule has 7 nitrogen and oxygen atoms in total. The Balaban J connectivity index is 1.41. The average molecular weight is 447 g/mol. The molecule has 1 aliphatic heterocycles. The monoisotopic (exact) mass is 446 g/mol. The number of rotatable bonds is 6. The zero-order valence-electron chi connectivity index (χ0n) is 17.5. The molecule has 0 aliphatic carbocycles. The summed E-state index contributed by atoms with van der Waals surface area (Å²) in [5.74, 6) is 2.00. The number of ether oxygens (including phenoxy) is 2. The molecule has 1 aliphatic rings. The van der Waals surface area contributed by atoms with Crippen molar-refractivity contribution < 1.29 is 14.3 Å². The van der Waals surface area contributed by atoms with Gasteiger partial charge in [-0.15, -0.1) is 16.4 Å². The highest BCUT2D eigenvalue weighted by atomic mass is 32.1. The Bertz CT molecular complexity index is 1210. The highest BCUT2D eigenvalue weighted by Gasteiger charge is 2.28. The van der Waals surface area contributed by atoms with Crippen LogP contribution in [-0.4, -0.2) is 51.4 Å². The number of hydrogen-bond acceptors (Lipinski definition) is 6. The summed E-state index contributed by atoms with van der Waals surface area (Å²) in [6.07, 6.45) is -0.262. The van der Waals surface area contributed by atoms with Crippen molar-refractivity contribution in [3.63, 3.8) is 0 Å². The summed E-state index contributed by atoms with van der Waals surface area (Å²) in [7, 11) is 0. The van der Waals surface area contributed by atoms with E-state index >= 15 is 0 Å². The van der Waals surface area contributed by atoms with Crippen LogP contribution in [0, 0.1) is 0 Å². The van der Waals surface area contributed by atoms with Crippen LogP contribution < -0.4 is 9.47 Å². The van der Waals surface area contributed by atoms with Crippen LogP contribution >= 0.6 is 11.3 Å². The molecule has 2 aromatic carbocycles. The number of aromatic nitrogens is 3. The van der Waals surface area contributed by atoms with Crippen molar-refractivity contribution >= 4 is 17.2 Å². The van der Waals surface area contributed by atoms with Gasteiger partial charge < -0.3 is 14.4 Å². The number of likely N-dealkylation sites (N-methyl/N-ethyl adjacent to an activating group) is 1. The molecule has 0 bridgehead atoms. The number of carbonyl (C=O) groups is 1. The molecule has 8 heteroatoms. The van der Waals surface area contributed by atoms with Crippen molar-refractivity contribution in [2.75, 3.05) is 19.7 Å². The smallest absolute Gasteiger partial charge is 0.293 e. The van der Waals surface area contributed by atoms with Crippen molar-refractivity contribution in [1.82, 2.24) is 19.7 Å². The van der Waals surface area contributed by atoms with Crippen LogP contribution in [0.15, 0.2) is 72.1 Å². The van der Waals surface area contributed by atoms with Gasteiger partial charge in [0.1, 0.15) is 6.61 Å². The van der Waals surface area contributed by atoms with Crippen molar-refractivity contribution in [3.05, 3.63) is 77.9 Å². The molecule has 0 fully saturated rings. The third-order valence-corrected chi connectivity index (χ3v) is 6.07. The molecule has 3 heterocycles. The zero-order chi connectivity index (χ0) is 21.9.